The second-order valence-corrected chi connectivity index (χ2v) is 9.12. The van der Waals surface area contributed by atoms with Gasteiger partial charge in [0, 0.05) is 18.7 Å². The fourth-order valence-electron chi connectivity index (χ4n) is 3.46. The van der Waals surface area contributed by atoms with E-state index in [1.807, 2.05) is 13.8 Å². The number of benzene rings is 2. The Bertz CT molecular complexity index is 1130. The molecule has 0 radical (unpaired) electrons. The Labute approximate surface area is 173 Å². The summed E-state index contributed by atoms with van der Waals surface area (Å²) in [7, 11) is -4.09. The number of aromatic nitrogens is 1. The van der Waals surface area contributed by atoms with E-state index in [9.17, 15) is 17.2 Å². The zero-order chi connectivity index (χ0) is 21.5. The van der Waals surface area contributed by atoms with Crippen LogP contribution in [0.5, 0.6) is 0 Å². The van der Waals surface area contributed by atoms with Gasteiger partial charge in [0.05, 0.1) is 17.1 Å². The smallest absolute Gasteiger partial charge is 0.236 e. The largest absolute Gasteiger partial charge is 0.419 e. The molecule has 0 unspecified atom stereocenters. The topological polar surface area (TPSA) is 72.6 Å². The van der Waals surface area contributed by atoms with E-state index >= 15 is 0 Å². The molecular formula is C21H20F2N2O4S. The fourth-order valence-corrected chi connectivity index (χ4v) is 4.78. The van der Waals surface area contributed by atoms with Gasteiger partial charge in [0.1, 0.15) is 11.6 Å². The molecule has 1 aliphatic heterocycles. The first kappa shape index (κ1) is 20.5. The van der Waals surface area contributed by atoms with E-state index in [0.29, 0.717) is 18.7 Å². The van der Waals surface area contributed by atoms with Crippen molar-refractivity contribution >= 4 is 15.7 Å². The third-order valence-electron chi connectivity index (χ3n) is 4.76. The predicted octanol–water partition coefficient (Wildman–Crippen LogP) is 4.07. The van der Waals surface area contributed by atoms with Crippen LogP contribution in [0.25, 0.3) is 11.5 Å². The van der Waals surface area contributed by atoms with Gasteiger partial charge in [-0.3, -0.25) is 0 Å². The molecule has 2 heterocycles. The summed E-state index contributed by atoms with van der Waals surface area (Å²) in [5, 5.41) is -0.269. The summed E-state index contributed by atoms with van der Waals surface area (Å²) in [5.41, 5.74) is 0.438. The lowest BCUT2D eigenvalue weighted by Gasteiger charge is -2.35. The molecule has 0 spiro atoms. The van der Waals surface area contributed by atoms with Gasteiger partial charge >= 0.3 is 0 Å². The normalized spacial score (nSPS) is 19.8. The zero-order valence-electron chi connectivity index (χ0n) is 16.4. The number of nitrogens with zero attached hydrogens (tertiary/aromatic N) is 2. The van der Waals surface area contributed by atoms with Crippen molar-refractivity contribution in [1.82, 2.24) is 4.98 Å². The number of rotatable bonds is 4. The maximum atomic E-state index is 13.3. The summed E-state index contributed by atoms with van der Waals surface area (Å²) in [6.07, 6.45) is -0.288. The highest BCUT2D eigenvalue weighted by Gasteiger charge is 2.34. The van der Waals surface area contributed by atoms with Crippen molar-refractivity contribution in [2.45, 2.75) is 36.0 Å². The van der Waals surface area contributed by atoms with Gasteiger partial charge in [-0.15, -0.1) is 0 Å². The molecule has 0 bridgehead atoms. The Balaban J connectivity index is 1.85. The molecule has 30 heavy (non-hydrogen) atoms. The summed E-state index contributed by atoms with van der Waals surface area (Å²) < 4.78 is 64.9. The lowest BCUT2D eigenvalue weighted by Crippen LogP contribution is -2.45. The number of halogens is 2. The molecule has 0 aliphatic carbocycles. The molecule has 4 rings (SSSR count). The highest BCUT2D eigenvalue weighted by Crippen LogP contribution is 2.36. The second kappa shape index (κ2) is 7.81. The van der Waals surface area contributed by atoms with Crippen molar-refractivity contribution < 1.29 is 26.4 Å². The lowest BCUT2D eigenvalue weighted by molar-refractivity contribution is -0.00657. The van der Waals surface area contributed by atoms with Gasteiger partial charge < -0.3 is 14.1 Å². The van der Waals surface area contributed by atoms with Crippen LogP contribution in [0.1, 0.15) is 13.8 Å². The van der Waals surface area contributed by atoms with E-state index in [-0.39, 0.29) is 33.9 Å². The van der Waals surface area contributed by atoms with Gasteiger partial charge in [0.25, 0.3) is 0 Å². The highest BCUT2D eigenvalue weighted by atomic mass is 32.2. The van der Waals surface area contributed by atoms with Crippen molar-refractivity contribution in [3.8, 4) is 11.5 Å². The first-order valence-electron chi connectivity index (χ1n) is 9.42. The molecule has 1 fully saturated rings. The van der Waals surface area contributed by atoms with Crippen LogP contribution in [0.2, 0.25) is 0 Å². The summed E-state index contributed by atoms with van der Waals surface area (Å²) in [5.74, 6) is -0.837. The van der Waals surface area contributed by atoms with Crippen LogP contribution in [-0.2, 0) is 14.6 Å². The van der Waals surface area contributed by atoms with Gasteiger partial charge in [-0.05, 0) is 62.4 Å². The van der Waals surface area contributed by atoms with Crippen LogP contribution in [0.4, 0.5) is 14.7 Å². The number of hydrogen-bond donors (Lipinski definition) is 0. The van der Waals surface area contributed by atoms with Crippen molar-refractivity contribution in [3.63, 3.8) is 0 Å². The van der Waals surface area contributed by atoms with Gasteiger partial charge in [0.2, 0.25) is 26.6 Å². The lowest BCUT2D eigenvalue weighted by atomic mass is 10.2. The van der Waals surface area contributed by atoms with E-state index < -0.39 is 21.5 Å². The fraction of sp³-hybridized carbons (Fsp3) is 0.286. The maximum Gasteiger partial charge on any atom is 0.236 e. The van der Waals surface area contributed by atoms with Crippen LogP contribution >= 0.6 is 0 Å². The van der Waals surface area contributed by atoms with Crippen LogP contribution < -0.4 is 4.90 Å². The Morgan fingerprint density at radius 1 is 0.933 bits per heavy atom. The number of oxazole rings is 1. The third kappa shape index (κ3) is 3.95. The van der Waals surface area contributed by atoms with Crippen LogP contribution in [0.3, 0.4) is 0 Å². The van der Waals surface area contributed by atoms with Crippen molar-refractivity contribution in [2.24, 2.45) is 0 Å². The molecule has 1 aliphatic rings. The Morgan fingerprint density at radius 2 is 1.47 bits per heavy atom. The van der Waals surface area contributed by atoms with Gasteiger partial charge in [-0.1, -0.05) is 0 Å². The number of sulfone groups is 1. The summed E-state index contributed by atoms with van der Waals surface area (Å²) in [6.45, 7) is 4.59. The Hall–Kier alpha value is -2.78. The molecule has 0 N–H and O–H groups in total. The van der Waals surface area contributed by atoms with Crippen molar-refractivity contribution in [1.29, 1.82) is 0 Å². The minimum Gasteiger partial charge on any atom is -0.419 e. The van der Waals surface area contributed by atoms with Crippen molar-refractivity contribution in [3.05, 3.63) is 60.2 Å². The quantitative estimate of drug-likeness (QED) is 0.577. The minimum atomic E-state index is -4.09. The first-order chi connectivity index (χ1) is 14.2. The van der Waals surface area contributed by atoms with E-state index in [2.05, 4.69) is 4.98 Å². The monoisotopic (exact) mass is 434 g/mol. The number of anilines is 1. The first-order valence-corrected chi connectivity index (χ1v) is 10.9. The second-order valence-electron chi connectivity index (χ2n) is 7.26. The van der Waals surface area contributed by atoms with Crippen LogP contribution in [0, 0.1) is 11.6 Å². The molecule has 1 saturated heterocycles. The average molecular weight is 434 g/mol. The summed E-state index contributed by atoms with van der Waals surface area (Å²) in [4.78, 5) is 5.93. The van der Waals surface area contributed by atoms with E-state index in [1.165, 1.54) is 36.4 Å². The third-order valence-corrected chi connectivity index (χ3v) is 6.42. The molecule has 0 saturated carbocycles. The van der Waals surface area contributed by atoms with Gasteiger partial charge in [-0.2, -0.15) is 4.98 Å². The van der Waals surface area contributed by atoms with E-state index in [4.69, 9.17) is 9.15 Å². The predicted molar refractivity (Wildman–Crippen MR) is 106 cm³/mol. The average Bonchev–Trinajstić information content (AvgIpc) is 3.14. The SMILES string of the molecule is C[C@@H]1CN(c2oc(-c3ccc(F)cc3)nc2S(=O)(=O)c2ccc(F)cc2)C[C@@H](C)O1. The van der Waals surface area contributed by atoms with E-state index in [1.54, 1.807) is 4.90 Å². The molecule has 158 valence electrons. The number of morpholine rings is 1. The van der Waals surface area contributed by atoms with Crippen LogP contribution in [-0.4, -0.2) is 38.7 Å². The van der Waals surface area contributed by atoms with Crippen LogP contribution in [0.15, 0.2) is 62.9 Å². The molecular weight excluding hydrogens is 414 g/mol. The number of ether oxygens (including phenoxy) is 1. The summed E-state index contributed by atoms with van der Waals surface area (Å²) in [6, 6.07) is 9.93. The molecule has 1 aromatic heterocycles. The standard InChI is InChI=1S/C21H20F2N2O4S/c1-13-11-25(12-14(2)28-13)21-20(30(26,27)18-9-7-17(23)8-10-18)24-19(29-21)15-3-5-16(22)6-4-15/h3-10,13-14H,11-12H2,1-2H3/t13-,14-/m1/s1. The molecule has 6 nitrogen and oxygen atoms in total. The molecule has 9 heteroatoms. The van der Waals surface area contributed by atoms with Gasteiger partial charge in [0.15, 0.2) is 0 Å². The summed E-state index contributed by atoms with van der Waals surface area (Å²) >= 11 is 0. The minimum absolute atomic E-state index is 0.0532. The number of hydrogen-bond acceptors (Lipinski definition) is 6. The molecule has 0 amide bonds. The zero-order valence-corrected chi connectivity index (χ0v) is 17.2. The highest BCUT2D eigenvalue weighted by molar-refractivity contribution is 7.91. The van der Waals surface area contributed by atoms with E-state index in [0.717, 1.165) is 12.1 Å². The van der Waals surface area contributed by atoms with Gasteiger partial charge in [-0.25, -0.2) is 17.2 Å². The van der Waals surface area contributed by atoms with Crippen molar-refractivity contribution in [2.75, 3.05) is 18.0 Å². The maximum absolute atomic E-state index is 13.3. The Morgan fingerprint density at radius 3 is 2.03 bits per heavy atom. The Kier molecular flexibility index (Phi) is 5.33. The molecule has 2 aromatic carbocycles. The molecule has 3 aromatic rings. The molecule has 2 atom stereocenters.